The van der Waals surface area contributed by atoms with Gasteiger partial charge in [-0.05, 0) is 6.42 Å². The lowest BCUT2D eigenvalue weighted by molar-refractivity contribution is -0.898. The van der Waals surface area contributed by atoms with Crippen LogP contribution >= 0.6 is 0 Å². The summed E-state index contributed by atoms with van der Waals surface area (Å²) >= 11 is 0. The first-order valence-electron chi connectivity index (χ1n) is 6.83. The fraction of sp³-hybridized carbons (Fsp3) is 0.714. The molecule has 1 atom stereocenters. The second kappa shape index (κ2) is 7.64. The molecule has 1 rings (SSSR count). The Morgan fingerprint density at radius 3 is 2.45 bits per heavy atom. The molecule has 0 saturated carbocycles. The number of nitrogens with one attached hydrogen (secondary N) is 1. The average molecular weight is 304 g/mol. The van der Waals surface area contributed by atoms with E-state index in [1.54, 1.807) is 4.90 Å². The summed E-state index contributed by atoms with van der Waals surface area (Å²) in [6, 6.07) is 0. The molecule has 1 unspecified atom stereocenters. The minimum Gasteiger partial charge on any atom is -1.00 e. The molecule has 0 aliphatic carbocycles. The van der Waals surface area contributed by atoms with Gasteiger partial charge in [0.05, 0.1) is 27.7 Å². The Hall–Kier alpha value is -1.07. The van der Waals surface area contributed by atoms with Gasteiger partial charge in [0.2, 0.25) is 5.91 Å². The van der Waals surface area contributed by atoms with E-state index < -0.39 is 0 Å². The highest BCUT2D eigenvalue weighted by atomic mass is 35.5. The largest absolute Gasteiger partial charge is 1.00 e. The van der Waals surface area contributed by atoms with Gasteiger partial charge in [-0.1, -0.05) is 13.5 Å². The van der Waals surface area contributed by atoms with Crippen LogP contribution in [0.5, 0.6) is 0 Å². The Labute approximate surface area is 128 Å². The van der Waals surface area contributed by atoms with Gasteiger partial charge in [-0.15, -0.1) is 0 Å². The van der Waals surface area contributed by atoms with Gasteiger partial charge >= 0.3 is 0 Å². The van der Waals surface area contributed by atoms with Gasteiger partial charge in [-0.25, -0.2) is 0 Å². The highest BCUT2D eigenvalue weighted by Gasteiger charge is 2.26. The molecule has 6 heteroatoms. The van der Waals surface area contributed by atoms with Crippen LogP contribution in [0.3, 0.4) is 0 Å². The average Bonchev–Trinajstić information content (AvgIpc) is 2.70. The minimum atomic E-state index is -0.153. The van der Waals surface area contributed by atoms with Crippen LogP contribution in [-0.2, 0) is 9.59 Å². The number of hydrogen-bond donors (Lipinski definition) is 1. The van der Waals surface area contributed by atoms with Gasteiger partial charge in [-0.2, -0.15) is 0 Å². The number of carbonyl (C=O) groups excluding carboxylic acids is 2. The third kappa shape index (κ3) is 5.13. The third-order valence-corrected chi connectivity index (χ3v) is 3.49. The predicted octanol–water partition coefficient (Wildman–Crippen LogP) is -2.27. The third-order valence-electron chi connectivity index (χ3n) is 3.49. The maximum absolute atomic E-state index is 12.1. The number of hydrogen-bond acceptors (Lipinski definition) is 2. The second-order valence-corrected chi connectivity index (χ2v) is 6.04. The summed E-state index contributed by atoms with van der Waals surface area (Å²) in [7, 11) is 6.13. The first-order valence-corrected chi connectivity index (χ1v) is 6.83. The molecule has 20 heavy (non-hydrogen) atoms. The van der Waals surface area contributed by atoms with Crippen LogP contribution in [0.4, 0.5) is 0 Å². The van der Waals surface area contributed by atoms with E-state index in [1.807, 2.05) is 28.1 Å². The molecule has 0 radical (unpaired) electrons. The van der Waals surface area contributed by atoms with Crippen LogP contribution in [0.15, 0.2) is 12.2 Å². The summed E-state index contributed by atoms with van der Waals surface area (Å²) < 4.78 is 0.665. The van der Waals surface area contributed by atoms with Crippen molar-refractivity contribution in [1.29, 1.82) is 0 Å². The molecule has 1 aliphatic rings. The minimum absolute atomic E-state index is 0. The molecule has 1 N–H and O–H groups in total. The van der Waals surface area contributed by atoms with E-state index in [2.05, 4.69) is 11.9 Å². The number of amides is 2. The zero-order valence-electron chi connectivity index (χ0n) is 12.9. The Bertz CT molecular complexity index is 377. The molecular weight excluding hydrogens is 278 g/mol. The Morgan fingerprint density at radius 1 is 1.45 bits per heavy atom. The number of quaternary nitrogens is 1. The van der Waals surface area contributed by atoms with Gasteiger partial charge < -0.3 is 27.1 Å². The van der Waals surface area contributed by atoms with Gasteiger partial charge in [0.25, 0.3) is 5.91 Å². The molecule has 5 nitrogen and oxygen atoms in total. The van der Waals surface area contributed by atoms with E-state index in [4.69, 9.17) is 0 Å². The van der Waals surface area contributed by atoms with Crippen molar-refractivity contribution in [1.82, 2.24) is 10.2 Å². The fourth-order valence-electron chi connectivity index (χ4n) is 2.27. The molecule has 1 heterocycles. The van der Waals surface area contributed by atoms with E-state index in [0.717, 1.165) is 19.4 Å². The standard InChI is InChI=1S/C14H25N3O2.ClH/c1-6-12(17(3,4)5)15-14(19)11(2)10-16-9-7-8-13(16)18;/h12H,2,6-10H2,1,3-5H3;1H. The molecule has 0 spiro atoms. The van der Waals surface area contributed by atoms with Crippen LogP contribution in [0.25, 0.3) is 0 Å². The molecule has 0 aromatic rings. The topological polar surface area (TPSA) is 49.4 Å². The van der Waals surface area contributed by atoms with Crippen LogP contribution in [0, 0.1) is 0 Å². The van der Waals surface area contributed by atoms with E-state index >= 15 is 0 Å². The summed E-state index contributed by atoms with van der Waals surface area (Å²) in [6.45, 7) is 6.93. The van der Waals surface area contributed by atoms with Crippen LogP contribution in [0.2, 0.25) is 0 Å². The smallest absolute Gasteiger partial charge is 0.252 e. The molecular formula is C14H26ClN3O2. The number of nitrogens with zero attached hydrogens (tertiary/aromatic N) is 2. The van der Waals surface area contributed by atoms with Crippen molar-refractivity contribution in [2.45, 2.75) is 32.4 Å². The second-order valence-electron chi connectivity index (χ2n) is 6.04. The Kier molecular flexibility index (Phi) is 7.23. The van der Waals surface area contributed by atoms with Crippen molar-refractivity contribution in [2.75, 3.05) is 34.2 Å². The van der Waals surface area contributed by atoms with Crippen molar-refractivity contribution in [3.05, 3.63) is 12.2 Å². The molecule has 1 saturated heterocycles. The maximum Gasteiger partial charge on any atom is 0.252 e. The van der Waals surface area contributed by atoms with Crippen molar-refractivity contribution >= 4 is 11.8 Å². The van der Waals surface area contributed by atoms with Gasteiger partial charge in [-0.3, -0.25) is 9.59 Å². The first-order chi connectivity index (χ1) is 8.75. The molecule has 0 aromatic carbocycles. The lowest BCUT2D eigenvalue weighted by Gasteiger charge is -2.34. The zero-order chi connectivity index (χ0) is 14.6. The molecule has 0 bridgehead atoms. The highest BCUT2D eigenvalue weighted by Crippen LogP contribution is 2.12. The molecule has 116 valence electrons. The van der Waals surface area contributed by atoms with Gasteiger partial charge in [0, 0.05) is 25.0 Å². The highest BCUT2D eigenvalue weighted by molar-refractivity contribution is 5.94. The van der Waals surface area contributed by atoms with E-state index in [-0.39, 0.29) is 30.4 Å². The normalized spacial score (nSPS) is 16.6. The van der Waals surface area contributed by atoms with Crippen LogP contribution in [-0.4, -0.2) is 61.6 Å². The van der Waals surface area contributed by atoms with Gasteiger partial charge in [0.1, 0.15) is 0 Å². The van der Waals surface area contributed by atoms with E-state index in [1.165, 1.54) is 0 Å². The first kappa shape index (κ1) is 18.9. The zero-order valence-corrected chi connectivity index (χ0v) is 13.7. The molecule has 2 amide bonds. The van der Waals surface area contributed by atoms with Crippen LogP contribution < -0.4 is 17.7 Å². The Morgan fingerprint density at radius 2 is 2.05 bits per heavy atom. The number of rotatable bonds is 6. The van der Waals surface area contributed by atoms with Crippen LogP contribution in [0.1, 0.15) is 26.2 Å². The van der Waals surface area contributed by atoms with E-state index in [0.29, 0.717) is 23.0 Å². The number of carbonyl (C=O) groups is 2. The fourth-order valence-corrected chi connectivity index (χ4v) is 2.27. The quantitative estimate of drug-likeness (QED) is 0.342. The molecule has 1 fully saturated rings. The summed E-state index contributed by atoms with van der Waals surface area (Å²) in [4.78, 5) is 25.3. The number of halogens is 1. The monoisotopic (exact) mass is 303 g/mol. The predicted molar refractivity (Wildman–Crippen MR) is 75.2 cm³/mol. The van der Waals surface area contributed by atoms with Crippen molar-refractivity contribution in [3.8, 4) is 0 Å². The lowest BCUT2D eigenvalue weighted by atomic mass is 10.2. The molecule has 0 aromatic heterocycles. The summed E-state index contributed by atoms with van der Waals surface area (Å²) in [5.41, 5.74) is 0.460. The maximum atomic E-state index is 12.1. The molecule has 1 aliphatic heterocycles. The summed E-state index contributed by atoms with van der Waals surface area (Å²) in [5, 5.41) is 2.99. The Balaban J connectivity index is 0.00000361. The van der Waals surface area contributed by atoms with Crippen molar-refractivity contribution < 1.29 is 26.5 Å². The SMILES string of the molecule is C=C(CN1CCCC1=O)C(=O)NC(CC)[N+](C)(C)C.[Cl-]. The lowest BCUT2D eigenvalue weighted by Crippen LogP contribution is -3.00. The van der Waals surface area contributed by atoms with Crippen molar-refractivity contribution in [3.63, 3.8) is 0 Å². The number of likely N-dealkylation sites (tertiary alicyclic amines) is 1. The summed E-state index contributed by atoms with van der Waals surface area (Å²) in [6.07, 6.45) is 2.37. The summed E-state index contributed by atoms with van der Waals surface area (Å²) in [5.74, 6) is -0.0350. The van der Waals surface area contributed by atoms with E-state index in [9.17, 15) is 9.59 Å². The van der Waals surface area contributed by atoms with Crippen molar-refractivity contribution in [2.24, 2.45) is 0 Å². The van der Waals surface area contributed by atoms with Gasteiger partial charge in [0.15, 0.2) is 6.17 Å².